The summed E-state index contributed by atoms with van der Waals surface area (Å²) < 4.78 is 18.4. The van der Waals surface area contributed by atoms with Gasteiger partial charge in [-0.2, -0.15) is 0 Å². The number of pyridine rings is 1. The van der Waals surface area contributed by atoms with Gasteiger partial charge in [-0.25, -0.2) is 0 Å². The summed E-state index contributed by atoms with van der Waals surface area (Å²) in [6.45, 7) is 4.06. The van der Waals surface area contributed by atoms with E-state index < -0.39 is 6.72 Å². The summed E-state index contributed by atoms with van der Waals surface area (Å²) in [4.78, 5) is 12.5. The van der Waals surface area contributed by atoms with Crippen molar-refractivity contribution in [2.24, 2.45) is 0 Å². The first-order valence-electron chi connectivity index (χ1n) is 8.31. The van der Waals surface area contributed by atoms with Crippen molar-refractivity contribution in [2.45, 2.75) is 33.7 Å². The molecule has 0 N–H and O–H groups in total. The van der Waals surface area contributed by atoms with E-state index in [-0.39, 0.29) is 5.56 Å². The molecule has 0 unspecified atom stereocenters. The summed E-state index contributed by atoms with van der Waals surface area (Å²) in [5, 5.41) is 0. The Morgan fingerprint density at radius 3 is 2.28 bits per heavy atom. The Kier molecular flexibility index (Phi) is 7.38. The third-order valence-corrected chi connectivity index (χ3v) is 6.01. The van der Waals surface area contributed by atoms with Gasteiger partial charge in [0.25, 0.3) is 5.56 Å². The van der Waals surface area contributed by atoms with E-state index in [1.165, 1.54) is 11.6 Å². The fraction of sp³-hybridized carbons (Fsp3) is 0.389. The van der Waals surface area contributed by atoms with Crippen LogP contribution in [0, 0.1) is 6.92 Å². The second-order valence-electron chi connectivity index (χ2n) is 5.43. The molecule has 2 rings (SSSR count). The van der Waals surface area contributed by atoms with Crippen LogP contribution in [-0.4, -0.2) is 17.8 Å². The third kappa shape index (κ3) is 5.79. The minimum Gasteiger partial charge on any atom is -0.424 e. The lowest BCUT2D eigenvalue weighted by Crippen LogP contribution is -2.22. The van der Waals surface area contributed by atoms with E-state index in [4.69, 9.17) is 25.4 Å². The van der Waals surface area contributed by atoms with Gasteiger partial charge in [-0.3, -0.25) is 13.8 Å². The van der Waals surface area contributed by atoms with Gasteiger partial charge in [-0.15, -0.1) is 0 Å². The van der Waals surface area contributed by atoms with Crippen molar-refractivity contribution >= 4 is 18.5 Å². The lowest BCUT2D eigenvalue weighted by Gasteiger charge is -2.21. The molecule has 0 saturated heterocycles. The Balaban J connectivity index is 2.16. The van der Waals surface area contributed by atoms with Gasteiger partial charge in [0.2, 0.25) is 0 Å². The smallest absolute Gasteiger partial charge is 0.380 e. The number of aromatic nitrogens is 1. The molecule has 0 bridgehead atoms. The van der Waals surface area contributed by atoms with Gasteiger partial charge in [0, 0.05) is 36.2 Å². The van der Waals surface area contributed by atoms with Crippen molar-refractivity contribution in [2.75, 3.05) is 13.2 Å². The van der Waals surface area contributed by atoms with Gasteiger partial charge in [0.15, 0.2) is 0 Å². The van der Waals surface area contributed by atoms with Crippen LogP contribution >= 0.6 is 6.72 Å². The van der Waals surface area contributed by atoms with Crippen LogP contribution in [0.4, 0.5) is 0 Å². The number of rotatable bonds is 9. The van der Waals surface area contributed by atoms with Gasteiger partial charge in [-0.1, -0.05) is 30.3 Å². The minimum absolute atomic E-state index is 0.125. The zero-order valence-electron chi connectivity index (χ0n) is 14.8. The van der Waals surface area contributed by atoms with Gasteiger partial charge >= 0.3 is 6.72 Å². The van der Waals surface area contributed by atoms with Crippen molar-refractivity contribution < 1.29 is 13.6 Å². The molecule has 0 spiro atoms. The lowest BCUT2D eigenvalue weighted by atomic mass is 10.1. The molecule has 7 heteroatoms. The minimum atomic E-state index is -2.87. The summed E-state index contributed by atoms with van der Waals surface area (Å²) in [5.74, 6) is 0.392. The van der Waals surface area contributed by atoms with Crippen LogP contribution in [0.2, 0.25) is 0 Å². The molecule has 25 heavy (non-hydrogen) atoms. The highest BCUT2D eigenvalue weighted by Crippen LogP contribution is 2.49. The van der Waals surface area contributed by atoms with E-state index in [2.05, 4.69) is 12.1 Å². The molecule has 0 atom stereocenters. The lowest BCUT2D eigenvalue weighted by molar-refractivity contribution is 0.217. The number of hydrogen-bond acceptors (Lipinski definition) is 5. The molecular weight excluding hydrogens is 357 g/mol. The van der Waals surface area contributed by atoms with Crippen molar-refractivity contribution in [1.82, 2.24) is 4.57 Å². The molecule has 0 aliphatic heterocycles. The summed E-state index contributed by atoms with van der Waals surface area (Å²) in [6.07, 6.45) is 0.789. The molecule has 0 fully saturated rings. The molecule has 2 aromatic rings. The SMILES string of the molecule is CCOP(=S)(OCC)Oc1cc(C)n(CCc2ccccc2)c(=O)c1. The second kappa shape index (κ2) is 9.30. The number of aryl methyl sites for hydroxylation is 2. The Labute approximate surface area is 153 Å². The molecule has 0 saturated carbocycles. The van der Waals surface area contributed by atoms with Crippen molar-refractivity contribution in [3.63, 3.8) is 0 Å². The number of hydrogen-bond donors (Lipinski definition) is 0. The fourth-order valence-electron chi connectivity index (χ4n) is 2.46. The van der Waals surface area contributed by atoms with Crippen LogP contribution in [0.3, 0.4) is 0 Å². The van der Waals surface area contributed by atoms with Crippen LogP contribution < -0.4 is 10.1 Å². The van der Waals surface area contributed by atoms with E-state index in [1.807, 2.05) is 39.0 Å². The predicted octanol–water partition coefficient (Wildman–Crippen LogP) is 4.08. The summed E-state index contributed by atoms with van der Waals surface area (Å²) in [5.41, 5.74) is 1.88. The van der Waals surface area contributed by atoms with E-state index in [9.17, 15) is 4.79 Å². The molecule has 0 amide bonds. The molecule has 1 heterocycles. The van der Waals surface area contributed by atoms with E-state index >= 15 is 0 Å². The maximum Gasteiger partial charge on any atom is 0.380 e. The Bertz CT molecular complexity index is 781. The van der Waals surface area contributed by atoms with E-state index in [0.29, 0.717) is 25.5 Å². The summed E-state index contributed by atoms with van der Waals surface area (Å²) in [7, 11) is 0. The van der Waals surface area contributed by atoms with Crippen molar-refractivity contribution in [3.8, 4) is 5.75 Å². The largest absolute Gasteiger partial charge is 0.424 e. The van der Waals surface area contributed by atoms with Crippen LogP contribution in [0.25, 0.3) is 0 Å². The fourth-order valence-corrected chi connectivity index (χ4v) is 4.53. The maximum absolute atomic E-state index is 12.5. The highest BCUT2D eigenvalue weighted by atomic mass is 32.5. The molecule has 136 valence electrons. The van der Waals surface area contributed by atoms with Crippen LogP contribution in [-0.2, 0) is 33.8 Å². The first-order valence-corrected chi connectivity index (χ1v) is 10.9. The highest BCUT2D eigenvalue weighted by Gasteiger charge is 2.22. The average molecular weight is 381 g/mol. The first kappa shape index (κ1) is 19.9. The van der Waals surface area contributed by atoms with Crippen LogP contribution in [0.1, 0.15) is 25.1 Å². The molecule has 1 aromatic carbocycles. The maximum atomic E-state index is 12.5. The summed E-state index contributed by atoms with van der Waals surface area (Å²) >= 11 is 5.35. The third-order valence-electron chi connectivity index (χ3n) is 3.57. The molecule has 1 aromatic heterocycles. The van der Waals surface area contributed by atoms with Gasteiger partial charge in [0.05, 0.1) is 13.2 Å². The molecule has 0 aliphatic rings. The number of nitrogens with zero attached hydrogens (tertiary/aromatic N) is 1. The molecule has 0 aliphatic carbocycles. The monoisotopic (exact) mass is 381 g/mol. The van der Waals surface area contributed by atoms with E-state index in [0.717, 1.165) is 12.1 Å². The van der Waals surface area contributed by atoms with Gasteiger partial charge < -0.3 is 9.09 Å². The Hall–Kier alpha value is -1.46. The van der Waals surface area contributed by atoms with Crippen LogP contribution in [0.15, 0.2) is 47.3 Å². The second-order valence-corrected chi connectivity index (χ2v) is 8.37. The predicted molar refractivity (Wildman–Crippen MR) is 104 cm³/mol. The molecule has 5 nitrogen and oxygen atoms in total. The zero-order valence-corrected chi connectivity index (χ0v) is 16.5. The quantitative estimate of drug-likeness (QED) is 0.613. The van der Waals surface area contributed by atoms with Gasteiger partial charge in [-0.05, 0) is 32.8 Å². The zero-order chi connectivity index (χ0) is 18.3. The van der Waals surface area contributed by atoms with Crippen LogP contribution in [0.5, 0.6) is 5.75 Å². The van der Waals surface area contributed by atoms with Gasteiger partial charge in [0.1, 0.15) is 5.75 Å². The topological polar surface area (TPSA) is 49.7 Å². The standard InChI is InChI=1S/C18H24NO4PS/c1-4-21-24(25,22-5-2)23-17-13-15(3)19(18(20)14-17)12-11-16-9-7-6-8-10-16/h6-10,13-14H,4-5,11-12H2,1-3H3. The highest BCUT2D eigenvalue weighted by molar-refractivity contribution is 8.07. The van der Waals surface area contributed by atoms with Crippen molar-refractivity contribution in [3.05, 3.63) is 64.1 Å². The Morgan fingerprint density at radius 1 is 1.08 bits per heavy atom. The Morgan fingerprint density at radius 2 is 1.72 bits per heavy atom. The normalized spacial score (nSPS) is 11.5. The average Bonchev–Trinajstić information content (AvgIpc) is 2.55. The number of benzene rings is 1. The molecular formula is C18H24NO4PS. The van der Waals surface area contributed by atoms with E-state index in [1.54, 1.807) is 10.6 Å². The molecule has 0 radical (unpaired) electrons. The van der Waals surface area contributed by atoms with Crippen molar-refractivity contribution in [1.29, 1.82) is 0 Å². The first-order chi connectivity index (χ1) is 12.0. The summed E-state index contributed by atoms with van der Waals surface area (Å²) in [6, 6.07) is 13.3.